The second kappa shape index (κ2) is 14.2. The van der Waals surface area contributed by atoms with Crippen molar-refractivity contribution in [2.24, 2.45) is 5.41 Å². The van der Waals surface area contributed by atoms with Crippen LogP contribution in [0.4, 0.5) is 17.6 Å². The lowest BCUT2D eigenvalue weighted by molar-refractivity contribution is -0.147. The van der Waals surface area contributed by atoms with Crippen LogP contribution >= 0.6 is 10.8 Å². The first-order valence-corrected chi connectivity index (χ1v) is 19.8. The number of carboxylic acid groups (broad SMARTS) is 1. The number of ether oxygens (including phenoxy) is 2. The number of fused-ring (bicyclic) bond motifs is 2. The number of hydrogen-bond donors (Lipinski definition) is 3. The Morgan fingerprint density at radius 1 is 1.07 bits per heavy atom. The summed E-state index contributed by atoms with van der Waals surface area (Å²) in [5.41, 5.74) is 1.33. The van der Waals surface area contributed by atoms with Crippen LogP contribution in [0.15, 0.2) is 41.4 Å². The number of alkyl halides is 4. The third-order valence-electron chi connectivity index (χ3n) is 11.3. The topological polar surface area (TPSA) is 146 Å². The first-order valence-electron chi connectivity index (χ1n) is 18.3. The van der Waals surface area contributed by atoms with Crippen molar-refractivity contribution in [1.29, 1.82) is 0 Å². The molecule has 1 aliphatic carbocycles. The van der Waals surface area contributed by atoms with Crippen LogP contribution < -0.4 is 9.47 Å². The van der Waals surface area contributed by atoms with Gasteiger partial charge in [0.25, 0.3) is 0 Å². The average Bonchev–Trinajstić information content (AvgIpc) is 3.72. The quantitative estimate of drug-likeness (QED) is 0.137. The summed E-state index contributed by atoms with van der Waals surface area (Å²) < 4.78 is 93.5. The lowest BCUT2D eigenvalue weighted by Crippen LogP contribution is -2.37. The smallest absolute Gasteiger partial charge is 0.452 e. The summed E-state index contributed by atoms with van der Waals surface area (Å²) in [5.74, 6) is -2.72. The number of carboxylic acids is 1. The molecule has 1 unspecified atom stereocenters. The van der Waals surface area contributed by atoms with Crippen molar-refractivity contribution in [2.45, 2.75) is 95.6 Å². The molecule has 17 heteroatoms. The molecule has 0 amide bonds. The number of aryl methyl sites for hydroxylation is 3. The van der Waals surface area contributed by atoms with Gasteiger partial charge in [0.05, 0.1) is 12.0 Å². The van der Waals surface area contributed by atoms with E-state index >= 15 is 0 Å². The Morgan fingerprint density at radius 3 is 2.44 bits per heavy atom. The lowest BCUT2D eigenvalue weighted by Gasteiger charge is -2.42. The third kappa shape index (κ3) is 7.48. The predicted octanol–water partition coefficient (Wildman–Crippen LogP) is 7.58. The molecule has 5 heterocycles. The molecule has 1 saturated heterocycles. The molecule has 3 aliphatic rings. The average molecular weight is 791 g/mol. The van der Waals surface area contributed by atoms with E-state index in [9.17, 15) is 36.6 Å². The normalized spacial score (nSPS) is 20.1. The van der Waals surface area contributed by atoms with E-state index < -0.39 is 51.9 Å². The maximum absolute atomic E-state index is 13.7. The number of hydrogen-bond acceptors (Lipinski definition) is 10. The number of carbonyl (C=O) groups is 1. The maximum Gasteiger partial charge on any atom is 0.452 e. The van der Waals surface area contributed by atoms with E-state index in [0.717, 1.165) is 9.96 Å². The van der Waals surface area contributed by atoms with Gasteiger partial charge in [-0.05, 0) is 100 Å². The van der Waals surface area contributed by atoms with E-state index in [0.29, 0.717) is 85.6 Å². The maximum atomic E-state index is 13.7. The second-order valence-corrected chi connectivity index (χ2v) is 17.6. The largest absolute Gasteiger partial charge is 0.481 e. The Balaban J connectivity index is 1.20. The highest BCUT2D eigenvalue weighted by Crippen LogP contribution is 2.61. The fraction of sp³-hybridized carbons (Fsp3) is 0.526. The molecular weight excluding hydrogens is 745 g/mol. The van der Waals surface area contributed by atoms with Gasteiger partial charge in [0, 0.05) is 43.9 Å². The highest BCUT2D eigenvalue weighted by atomic mass is 32.3. The third-order valence-corrected chi connectivity index (χ3v) is 13.1. The Bertz CT molecular complexity index is 2110. The number of nitrogens with zero attached hydrogens (tertiary/aromatic N) is 6. The molecule has 3 aromatic heterocycles. The van der Waals surface area contributed by atoms with E-state index in [1.165, 1.54) is 12.3 Å². The number of benzene rings is 1. The Kier molecular flexibility index (Phi) is 10.1. The van der Waals surface area contributed by atoms with Crippen LogP contribution in [0.3, 0.4) is 0 Å². The van der Waals surface area contributed by atoms with Crippen LogP contribution in [0.5, 0.6) is 11.8 Å². The molecule has 1 saturated carbocycles. The monoisotopic (exact) mass is 790 g/mol. The van der Waals surface area contributed by atoms with Crippen molar-refractivity contribution in [3.05, 3.63) is 75.7 Å². The highest BCUT2D eigenvalue weighted by Gasteiger charge is 2.53. The van der Waals surface area contributed by atoms with E-state index in [-0.39, 0.29) is 29.5 Å². The van der Waals surface area contributed by atoms with Crippen LogP contribution in [-0.2, 0) is 17.5 Å². The van der Waals surface area contributed by atoms with E-state index in [1.807, 2.05) is 19.1 Å². The standard InChI is InChI=1S/C38H46F4N6O6S/c1-22-6-7-25(30(36(4,5)35(49)50)28-10-15-48-31(24(28)3)44-45-34(48)38(40,41)42)19-26(22)20-47-21-37(11-12-37)54-33-29(55(47,51)52)18-23(2)32(43-33)53-17-16-46-13-8-27(39)9-14-46/h6-7,10,15,18-19,27,30,51-52H,8-9,11-14,16-17,20-21H2,1-5H3,(H,49,50). The SMILES string of the molecule is Cc1ccc(C(c2ccn3c(C(F)(F)F)nnc3c2C)C(C)(C)C(=O)O)cc1CN1CC2(CC2)Oc2nc(OCCN3CCC(F)CC3)c(C)cc2S1(O)O. The van der Waals surface area contributed by atoms with Crippen LogP contribution in [-0.4, -0.2) is 93.5 Å². The molecule has 3 N–H and O–H groups in total. The van der Waals surface area contributed by atoms with Gasteiger partial charge in [-0.3, -0.25) is 23.2 Å². The van der Waals surface area contributed by atoms with Crippen molar-refractivity contribution in [3.63, 3.8) is 0 Å². The number of rotatable bonds is 10. The number of likely N-dealkylation sites (tertiary alicyclic amines) is 1. The predicted molar refractivity (Wildman–Crippen MR) is 196 cm³/mol. The van der Waals surface area contributed by atoms with Gasteiger partial charge in [-0.15, -0.1) is 21.0 Å². The van der Waals surface area contributed by atoms with Crippen molar-refractivity contribution >= 4 is 22.4 Å². The Hall–Kier alpha value is -4.03. The summed E-state index contributed by atoms with van der Waals surface area (Å²) in [6.45, 7) is 10.9. The number of aromatic nitrogens is 4. The molecule has 12 nitrogen and oxygen atoms in total. The molecule has 55 heavy (non-hydrogen) atoms. The molecule has 1 atom stereocenters. The fourth-order valence-corrected chi connectivity index (χ4v) is 9.31. The van der Waals surface area contributed by atoms with Gasteiger partial charge < -0.3 is 14.6 Å². The fourth-order valence-electron chi connectivity index (χ4n) is 7.64. The summed E-state index contributed by atoms with van der Waals surface area (Å²) in [6.07, 6.45) is -1.96. The first-order chi connectivity index (χ1) is 25.8. The number of pyridine rings is 2. The lowest BCUT2D eigenvalue weighted by atomic mass is 9.70. The molecule has 298 valence electrons. The molecule has 4 aromatic rings. The minimum atomic E-state index is -4.74. The molecule has 1 aromatic carbocycles. The zero-order valence-electron chi connectivity index (χ0n) is 31.4. The number of piperidine rings is 1. The summed E-state index contributed by atoms with van der Waals surface area (Å²) >= 11 is 0. The zero-order valence-corrected chi connectivity index (χ0v) is 32.2. The Labute approximate surface area is 318 Å². The van der Waals surface area contributed by atoms with E-state index in [1.54, 1.807) is 44.1 Å². The van der Waals surface area contributed by atoms with Gasteiger partial charge in [-0.25, -0.2) is 4.39 Å². The summed E-state index contributed by atoms with van der Waals surface area (Å²) in [5, 5.41) is 17.6. The molecule has 1 spiro atoms. The van der Waals surface area contributed by atoms with E-state index in [4.69, 9.17) is 9.47 Å². The molecule has 0 radical (unpaired) electrons. The van der Waals surface area contributed by atoms with Crippen molar-refractivity contribution in [3.8, 4) is 11.8 Å². The first kappa shape index (κ1) is 39.2. The van der Waals surface area contributed by atoms with Crippen LogP contribution in [0.1, 0.15) is 84.7 Å². The molecule has 7 rings (SSSR count). The van der Waals surface area contributed by atoms with E-state index in [2.05, 4.69) is 20.1 Å². The second-order valence-electron chi connectivity index (χ2n) is 15.6. The Morgan fingerprint density at radius 2 is 1.78 bits per heavy atom. The van der Waals surface area contributed by atoms with Gasteiger partial charge in [-0.2, -0.15) is 22.5 Å². The number of aliphatic carboxylic acids is 1. The van der Waals surface area contributed by atoms with Gasteiger partial charge in [0.15, 0.2) is 5.65 Å². The van der Waals surface area contributed by atoms with Crippen LogP contribution in [0.2, 0.25) is 0 Å². The summed E-state index contributed by atoms with van der Waals surface area (Å²) in [4.78, 5) is 19.7. The van der Waals surface area contributed by atoms with Gasteiger partial charge in [-0.1, -0.05) is 18.2 Å². The molecular formula is C38H46F4N6O6S. The summed E-state index contributed by atoms with van der Waals surface area (Å²) in [6, 6.07) is 8.57. The minimum absolute atomic E-state index is 0.0361. The molecule has 2 aliphatic heterocycles. The molecule has 0 bridgehead atoms. The van der Waals surface area contributed by atoms with Crippen molar-refractivity contribution in [1.82, 2.24) is 28.8 Å². The van der Waals surface area contributed by atoms with Crippen molar-refractivity contribution < 1.29 is 46.0 Å². The van der Waals surface area contributed by atoms with Crippen LogP contribution in [0.25, 0.3) is 5.65 Å². The molecule has 2 fully saturated rings. The zero-order chi connectivity index (χ0) is 39.7. The van der Waals surface area contributed by atoms with Gasteiger partial charge in [0.1, 0.15) is 23.3 Å². The summed E-state index contributed by atoms with van der Waals surface area (Å²) in [7, 11) is -3.67. The minimum Gasteiger partial charge on any atom is -0.481 e. The van der Waals surface area contributed by atoms with Gasteiger partial charge in [0.2, 0.25) is 17.6 Å². The van der Waals surface area contributed by atoms with Crippen molar-refractivity contribution in [2.75, 3.05) is 32.8 Å². The van der Waals surface area contributed by atoms with Gasteiger partial charge >= 0.3 is 12.1 Å². The van der Waals surface area contributed by atoms with Crippen LogP contribution in [0, 0.1) is 26.2 Å². The highest BCUT2D eigenvalue weighted by molar-refractivity contribution is 8.22. The number of halogens is 4.